The minimum Gasteiger partial charge on any atom is -0.347 e. The number of carbonyl (C=O) groups excluding carboxylic acids is 2. The van der Waals surface area contributed by atoms with Crippen molar-refractivity contribution >= 4 is 29.1 Å². The third-order valence-corrected chi connectivity index (χ3v) is 9.13. The number of carbonyl (C=O) groups is 2. The minimum atomic E-state index is -5.10. The standard InChI is InChI=1S/C33H28ClF6N5O2/c34-25-8-4-5-9-26(25)45-20-44(27(28-41-12-13-42-28)16-21-6-2-1-3-7-21)30(47)31(45)10-14-43(15-11-31)29(46)22-17-23(32(35,36)37)19-24(18-22)33(38,39)40/h1-9,12-13,17-19,27H,10-11,14-16,20H2,(H,41,42). The molecule has 2 saturated heterocycles. The summed E-state index contributed by atoms with van der Waals surface area (Å²) < 4.78 is 81.0. The Balaban J connectivity index is 1.33. The molecular weight excluding hydrogens is 648 g/mol. The van der Waals surface area contributed by atoms with Crippen molar-refractivity contribution in [3.63, 3.8) is 0 Å². The maximum absolute atomic E-state index is 14.6. The maximum Gasteiger partial charge on any atom is 0.416 e. The molecule has 0 radical (unpaired) electrons. The number of H-pyrrole nitrogens is 1. The van der Waals surface area contributed by atoms with Crippen LogP contribution in [0.5, 0.6) is 0 Å². The van der Waals surface area contributed by atoms with Crippen LogP contribution in [0.15, 0.2) is 85.2 Å². The summed E-state index contributed by atoms with van der Waals surface area (Å²) in [7, 11) is 0. The highest BCUT2D eigenvalue weighted by atomic mass is 35.5. The average molecular weight is 676 g/mol. The molecule has 1 unspecified atom stereocenters. The van der Waals surface area contributed by atoms with Crippen molar-refractivity contribution in [3.05, 3.63) is 118 Å². The topological polar surface area (TPSA) is 72.5 Å². The maximum atomic E-state index is 14.6. The molecule has 1 atom stereocenters. The summed E-state index contributed by atoms with van der Waals surface area (Å²) in [5.74, 6) is -0.670. The number of likely N-dealkylation sites (tertiary alicyclic amines) is 1. The molecule has 0 bridgehead atoms. The molecule has 2 fully saturated rings. The Morgan fingerprint density at radius 2 is 1.53 bits per heavy atom. The lowest BCUT2D eigenvalue weighted by atomic mass is 9.84. The normalized spacial score (nSPS) is 17.4. The van der Waals surface area contributed by atoms with E-state index in [1.807, 2.05) is 35.2 Å². The zero-order valence-electron chi connectivity index (χ0n) is 24.7. The van der Waals surface area contributed by atoms with E-state index in [1.165, 1.54) is 4.90 Å². The molecular formula is C33H28ClF6N5O2. The van der Waals surface area contributed by atoms with Crippen LogP contribution in [-0.2, 0) is 23.6 Å². The van der Waals surface area contributed by atoms with E-state index in [-0.39, 0.29) is 44.6 Å². The molecule has 47 heavy (non-hydrogen) atoms. The Labute approximate surface area is 270 Å². The number of para-hydroxylation sites is 1. The number of piperidine rings is 1. The van der Waals surface area contributed by atoms with Gasteiger partial charge < -0.3 is 19.7 Å². The van der Waals surface area contributed by atoms with Gasteiger partial charge in [0.1, 0.15) is 11.4 Å². The van der Waals surface area contributed by atoms with Gasteiger partial charge in [0.15, 0.2) is 0 Å². The molecule has 4 aromatic rings. The first-order chi connectivity index (χ1) is 22.3. The molecule has 7 nitrogen and oxygen atoms in total. The molecule has 1 spiro atoms. The van der Waals surface area contributed by atoms with Crippen LogP contribution >= 0.6 is 11.6 Å². The summed E-state index contributed by atoms with van der Waals surface area (Å²) >= 11 is 6.64. The van der Waals surface area contributed by atoms with Gasteiger partial charge in [-0.1, -0.05) is 54.1 Å². The van der Waals surface area contributed by atoms with Crippen molar-refractivity contribution in [2.75, 3.05) is 24.7 Å². The molecule has 2 amide bonds. The Hall–Kier alpha value is -4.52. The van der Waals surface area contributed by atoms with Gasteiger partial charge in [0, 0.05) is 37.5 Å². The second kappa shape index (κ2) is 12.3. The largest absolute Gasteiger partial charge is 0.416 e. The van der Waals surface area contributed by atoms with Crippen LogP contribution in [0.1, 0.15) is 51.8 Å². The second-order valence-corrected chi connectivity index (χ2v) is 12.0. The number of imidazole rings is 1. The van der Waals surface area contributed by atoms with Gasteiger partial charge in [-0.3, -0.25) is 9.59 Å². The fraction of sp³-hybridized carbons (Fsp3) is 0.303. The SMILES string of the molecule is O=C(c1cc(C(F)(F)F)cc(C(F)(F)F)c1)N1CCC2(CC1)C(=O)N(C(Cc1ccccc1)c1ncc[nH]1)CN2c1ccccc1Cl. The van der Waals surface area contributed by atoms with Gasteiger partial charge in [0.05, 0.1) is 34.5 Å². The highest BCUT2D eigenvalue weighted by molar-refractivity contribution is 6.33. The highest BCUT2D eigenvalue weighted by Gasteiger charge is 2.56. The Bertz CT molecular complexity index is 1720. The highest BCUT2D eigenvalue weighted by Crippen LogP contribution is 2.45. The van der Waals surface area contributed by atoms with Crippen molar-refractivity contribution in [1.29, 1.82) is 0 Å². The quantitative estimate of drug-likeness (QED) is 0.217. The van der Waals surface area contributed by atoms with Crippen LogP contribution in [0.3, 0.4) is 0 Å². The number of aromatic nitrogens is 2. The van der Waals surface area contributed by atoms with E-state index in [9.17, 15) is 35.9 Å². The van der Waals surface area contributed by atoms with Gasteiger partial charge in [-0.2, -0.15) is 26.3 Å². The predicted molar refractivity (Wildman–Crippen MR) is 161 cm³/mol. The number of hydrogen-bond acceptors (Lipinski definition) is 4. The number of alkyl halides is 6. The van der Waals surface area contributed by atoms with Gasteiger partial charge in [-0.05, 0) is 48.7 Å². The lowest BCUT2D eigenvalue weighted by Gasteiger charge is -2.43. The number of halogens is 7. The van der Waals surface area contributed by atoms with E-state index in [2.05, 4.69) is 9.97 Å². The van der Waals surface area contributed by atoms with Gasteiger partial charge in [0.2, 0.25) is 0 Å². The van der Waals surface area contributed by atoms with Gasteiger partial charge >= 0.3 is 12.4 Å². The van der Waals surface area contributed by atoms with Crippen molar-refractivity contribution in [2.24, 2.45) is 0 Å². The van der Waals surface area contributed by atoms with Crippen LogP contribution < -0.4 is 4.90 Å². The number of benzene rings is 3. The number of anilines is 1. The van der Waals surface area contributed by atoms with Crippen LogP contribution in [0.25, 0.3) is 0 Å². The molecule has 246 valence electrons. The van der Waals surface area contributed by atoms with E-state index >= 15 is 0 Å². The summed E-state index contributed by atoms with van der Waals surface area (Å²) in [5.41, 5.74) is -3.53. The lowest BCUT2D eigenvalue weighted by molar-refractivity contribution is -0.143. The lowest BCUT2D eigenvalue weighted by Crippen LogP contribution is -2.57. The number of amides is 2. The zero-order chi connectivity index (χ0) is 33.6. The molecule has 0 aliphatic carbocycles. The summed E-state index contributed by atoms with van der Waals surface area (Å²) in [6.07, 6.45) is -6.38. The van der Waals surface area contributed by atoms with Crippen molar-refractivity contribution in [3.8, 4) is 0 Å². The monoisotopic (exact) mass is 675 g/mol. The number of nitrogens with zero attached hydrogens (tertiary/aromatic N) is 4. The molecule has 14 heteroatoms. The van der Waals surface area contributed by atoms with E-state index in [0.29, 0.717) is 35.1 Å². The predicted octanol–water partition coefficient (Wildman–Crippen LogP) is 7.37. The number of hydrogen-bond donors (Lipinski definition) is 1. The Morgan fingerprint density at radius 1 is 0.915 bits per heavy atom. The number of aromatic amines is 1. The van der Waals surface area contributed by atoms with Crippen molar-refractivity contribution in [1.82, 2.24) is 19.8 Å². The van der Waals surface area contributed by atoms with E-state index in [0.717, 1.165) is 5.56 Å². The summed E-state index contributed by atoms with van der Waals surface area (Å²) in [4.78, 5) is 40.4. The van der Waals surface area contributed by atoms with Crippen LogP contribution in [0.4, 0.5) is 32.0 Å². The fourth-order valence-corrected chi connectivity index (χ4v) is 6.67. The molecule has 3 heterocycles. The zero-order valence-corrected chi connectivity index (χ0v) is 25.4. The van der Waals surface area contributed by atoms with Gasteiger partial charge in [0.25, 0.3) is 11.8 Å². The first kappa shape index (κ1) is 32.4. The van der Waals surface area contributed by atoms with E-state index in [1.54, 1.807) is 41.6 Å². The van der Waals surface area contributed by atoms with Crippen molar-refractivity contribution in [2.45, 2.75) is 43.2 Å². The summed E-state index contributed by atoms with van der Waals surface area (Å²) in [5, 5.41) is 0.390. The van der Waals surface area contributed by atoms with E-state index < -0.39 is 46.5 Å². The van der Waals surface area contributed by atoms with Gasteiger partial charge in [-0.15, -0.1) is 0 Å². The third kappa shape index (κ3) is 6.28. The Kier molecular flexibility index (Phi) is 8.45. The summed E-state index contributed by atoms with van der Waals surface area (Å²) in [6.45, 7) is -0.0700. The Morgan fingerprint density at radius 3 is 2.11 bits per heavy atom. The number of rotatable bonds is 6. The smallest absolute Gasteiger partial charge is 0.347 e. The molecule has 2 aliphatic heterocycles. The first-order valence-electron chi connectivity index (χ1n) is 14.7. The summed E-state index contributed by atoms with van der Waals surface area (Å²) in [6, 6.07) is 16.9. The minimum absolute atomic E-state index is 0.0138. The molecule has 3 aromatic carbocycles. The fourth-order valence-electron chi connectivity index (χ4n) is 6.43. The molecule has 2 aliphatic rings. The average Bonchev–Trinajstić information content (AvgIpc) is 3.67. The van der Waals surface area contributed by atoms with Gasteiger partial charge in [-0.25, -0.2) is 4.98 Å². The second-order valence-electron chi connectivity index (χ2n) is 11.6. The van der Waals surface area contributed by atoms with Crippen molar-refractivity contribution < 1.29 is 35.9 Å². The molecule has 0 saturated carbocycles. The van der Waals surface area contributed by atoms with Crippen LogP contribution in [0.2, 0.25) is 5.02 Å². The van der Waals surface area contributed by atoms with Crippen LogP contribution in [-0.4, -0.2) is 56.9 Å². The van der Waals surface area contributed by atoms with E-state index in [4.69, 9.17) is 11.6 Å². The molecule has 1 N–H and O–H groups in total. The number of nitrogens with one attached hydrogen (secondary N) is 1. The third-order valence-electron chi connectivity index (χ3n) is 8.81. The van der Waals surface area contributed by atoms with Crippen LogP contribution in [0, 0.1) is 0 Å². The first-order valence-corrected chi connectivity index (χ1v) is 15.1. The molecule has 1 aromatic heterocycles. The molecule has 6 rings (SSSR count).